The van der Waals surface area contributed by atoms with Gasteiger partial charge in [-0.25, -0.2) is 4.98 Å². The minimum Gasteiger partial charge on any atom is -0.382 e. The highest BCUT2D eigenvalue weighted by Gasteiger charge is 2.21. The molecule has 0 spiro atoms. The van der Waals surface area contributed by atoms with Crippen molar-refractivity contribution < 1.29 is 4.79 Å². The number of anilines is 1. The summed E-state index contributed by atoms with van der Waals surface area (Å²) in [6.45, 7) is 8.83. The number of hydrogen-bond donors (Lipinski definition) is 1. The van der Waals surface area contributed by atoms with Crippen molar-refractivity contribution in [1.29, 1.82) is 0 Å². The number of aromatic nitrogens is 2. The number of rotatable bonds is 4. The van der Waals surface area contributed by atoms with Gasteiger partial charge in [-0.05, 0) is 19.8 Å². The van der Waals surface area contributed by atoms with E-state index in [0.29, 0.717) is 18.2 Å². The predicted octanol–water partition coefficient (Wildman–Crippen LogP) is 1.57. The number of carbonyl (C=O) groups excluding carboxylic acids is 1. The fourth-order valence-corrected chi connectivity index (χ4v) is 1.55. The molecule has 0 aliphatic heterocycles. The molecule has 17 heavy (non-hydrogen) atoms. The molecule has 1 rings (SSSR count). The molecule has 0 fully saturated rings. The lowest BCUT2D eigenvalue weighted by molar-refractivity contribution is 0.0675. The van der Waals surface area contributed by atoms with Gasteiger partial charge in [-0.1, -0.05) is 13.8 Å². The maximum Gasteiger partial charge on any atom is 0.274 e. The molecular weight excluding hydrogens is 216 g/mol. The maximum atomic E-state index is 12.2. The SMILES string of the molecule is CC(C)CN(C(=O)c1cncc(N)n1)C(C)C. The average Bonchev–Trinajstić information content (AvgIpc) is 2.24. The summed E-state index contributed by atoms with van der Waals surface area (Å²) in [4.78, 5) is 21.9. The Hall–Kier alpha value is -1.65. The summed E-state index contributed by atoms with van der Waals surface area (Å²) in [5.74, 6) is 0.563. The molecule has 1 amide bonds. The molecule has 2 N–H and O–H groups in total. The van der Waals surface area contributed by atoms with Crippen LogP contribution in [0, 0.1) is 5.92 Å². The topological polar surface area (TPSA) is 72.1 Å². The van der Waals surface area contributed by atoms with Crippen molar-refractivity contribution in [1.82, 2.24) is 14.9 Å². The second kappa shape index (κ2) is 5.61. The summed E-state index contributed by atoms with van der Waals surface area (Å²) in [7, 11) is 0. The van der Waals surface area contributed by atoms with Gasteiger partial charge in [0.25, 0.3) is 5.91 Å². The molecule has 0 unspecified atom stereocenters. The third kappa shape index (κ3) is 3.69. The van der Waals surface area contributed by atoms with E-state index in [0.717, 1.165) is 0 Å². The van der Waals surface area contributed by atoms with Gasteiger partial charge >= 0.3 is 0 Å². The quantitative estimate of drug-likeness (QED) is 0.861. The zero-order valence-electron chi connectivity index (χ0n) is 10.8. The van der Waals surface area contributed by atoms with Crippen LogP contribution >= 0.6 is 0 Å². The minimum atomic E-state index is -0.117. The van der Waals surface area contributed by atoms with Crippen LogP contribution in [0.1, 0.15) is 38.2 Å². The van der Waals surface area contributed by atoms with Crippen LogP contribution in [0.2, 0.25) is 0 Å². The summed E-state index contributed by atoms with van der Waals surface area (Å²) in [6.07, 6.45) is 2.88. The number of carbonyl (C=O) groups is 1. The lowest BCUT2D eigenvalue weighted by Crippen LogP contribution is -2.40. The molecule has 0 radical (unpaired) electrons. The van der Waals surface area contributed by atoms with E-state index in [2.05, 4.69) is 23.8 Å². The Bertz CT molecular complexity index is 390. The first kappa shape index (κ1) is 13.4. The molecule has 94 valence electrons. The van der Waals surface area contributed by atoms with Crippen LogP contribution in [-0.4, -0.2) is 33.4 Å². The van der Waals surface area contributed by atoms with E-state index >= 15 is 0 Å². The van der Waals surface area contributed by atoms with E-state index in [1.165, 1.54) is 12.4 Å². The van der Waals surface area contributed by atoms with Gasteiger partial charge in [0.2, 0.25) is 0 Å². The smallest absolute Gasteiger partial charge is 0.274 e. The monoisotopic (exact) mass is 236 g/mol. The van der Waals surface area contributed by atoms with Gasteiger partial charge < -0.3 is 10.6 Å². The molecule has 0 atom stereocenters. The molecule has 1 aromatic heterocycles. The van der Waals surface area contributed by atoms with Gasteiger partial charge in [0.15, 0.2) is 0 Å². The van der Waals surface area contributed by atoms with Crippen LogP contribution in [0.15, 0.2) is 12.4 Å². The molecule has 5 heteroatoms. The zero-order chi connectivity index (χ0) is 13.0. The van der Waals surface area contributed by atoms with Gasteiger partial charge in [0.05, 0.1) is 12.4 Å². The van der Waals surface area contributed by atoms with E-state index in [1.54, 1.807) is 4.90 Å². The lowest BCUT2D eigenvalue weighted by atomic mass is 10.1. The van der Waals surface area contributed by atoms with Gasteiger partial charge in [0, 0.05) is 12.6 Å². The summed E-state index contributed by atoms with van der Waals surface area (Å²) in [5, 5.41) is 0. The molecule has 0 saturated heterocycles. The molecule has 5 nitrogen and oxygen atoms in total. The van der Waals surface area contributed by atoms with Gasteiger partial charge in [-0.3, -0.25) is 9.78 Å². The van der Waals surface area contributed by atoms with Crippen molar-refractivity contribution in [3.05, 3.63) is 18.1 Å². The highest BCUT2D eigenvalue weighted by Crippen LogP contribution is 2.09. The highest BCUT2D eigenvalue weighted by atomic mass is 16.2. The Labute approximate surface area is 102 Å². The average molecular weight is 236 g/mol. The van der Waals surface area contributed by atoms with Crippen molar-refractivity contribution in [2.75, 3.05) is 12.3 Å². The highest BCUT2D eigenvalue weighted by molar-refractivity contribution is 5.92. The number of nitrogen functional groups attached to an aromatic ring is 1. The lowest BCUT2D eigenvalue weighted by Gasteiger charge is -2.28. The van der Waals surface area contributed by atoms with Crippen LogP contribution < -0.4 is 5.73 Å². The van der Waals surface area contributed by atoms with Gasteiger partial charge in [-0.15, -0.1) is 0 Å². The van der Waals surface area contributed by atoms with Crippen LogP contribution in [0.25, 0.3) is 0 Å². The van der Waals surface area contributed by atoms with Crippen LogP contribution in [-0.2, 0) is 0 Å². The third-order valence-electron chi connectivity index (χ3n) is 2.32. The standard InChI is InChI=1S/C12H20N4O/c1-8(2)7-16(9(3)4)12(17)10-5-14-6-11(13)15-10/h5-6,8-9H,7H2,1-4H3,(H2,13,15). The van der Waals surface area contributed by atoms with Crippen LogP contribution in [0.3, 0.4) is 0 Å². The Kier molecular flexibility index (Phi) is 4.43. The summed E-state index contributed by atoms with van der Waals surface area (Å²) >= 11 is 0. The Morgan fingerprint density at radius 3 is 2.47 bits per heavy atom. The predicted molar refractivity (Wildman–Crippen MR) is 67.5 cm³/mol. The minimum absolute atomic E-state index is 0.117. The molecule has 0 aliphatic rings. The first-order valence-corrected chi connectivity index (χ1v) is 5.80. The largest absolute Gasteiger partial charge is 0.382 e. The number of amides is 1. The molecular formula is C12H20N4O. The molecule has 0 saturated carbocycles. The first-order chi connectivity index (χ1) is 7.91. The molecule has 1 heterocycles. The second-order valence-corrected chi connectivity index (χ2v) is 4.77. The van der Waals surface area contributed by atoms with Crippen molar-refractivity contribution >= 4 is 11.7 Å². The Morgan fingerprint density at radius 1 is 1.35 bits per heavy atom. The molecule has 0 aromatic carbocycles. The second-order valence-electron chi connectivity index (χ2n) is 4.77. The Balaban J connectivity index is 2.92. The summed E-state index contributed by atoms with van der Waals surface area (Å²) in [6, 6.07) is 0.133. The van der Waals surface area contributed by atoms with Crippen molar-refractivity contribution in [3.8, 4) is 0 Å². The summed E-state index contributed by atoms with van der Waals surface area (Å²) in [5.41, 5.74) is 5.83. The number of hydrogen-bond acceptors (Lipinski definition) is 4. The van der Waals surface area contributed by atoms with E-state index in [1.807, 2.05) is 13.8 Å². The van der Waals surface area contributed by atoms with Gasteiger partial charge in [-0.2, -0.15) is 0 Å². The fraction of sp³-hybridized carbons (Fsp3) is 0.583. The van der Waals surface area contributed by atoms with Crippen molar-refractivity contribution in [2.45, 2.75) is 33.7 Å². The molecule has 1 aromatic rings. The molecule has 0 aliphatic carbocycles. The van der Waals surface area contributed by atoms with E-state index in [-0.39, 0.29) is 17.8 Å². The van der Waals surface area contributed by atoms with Crippen molar-refractivity contribution in [2.24, 2.45) is 5.92 Å². The molecule has 0 bridgehead atoms. The van der Waals surface area contributed by atoms with Crippen LogP contribution in [0.5, 0.6) is 0 Å². The van der Waals surface area contributed by atoms with E-state index in [4.69, 9.17) is 5.73 Å². The first-order valence-electron chi connectivity index (χ1n) is 5.80. The zero-order valence-corrected chi connectivity index (χ0v) is 10.8. The van der Waals surface area contributed by atoms with Crippen molar-refractivity contribution in [3.63, 3.8) is 0 Å². The van der Waals surface area contributed by atoms with E-state index in [9.17, 15) is 4.79 Å². The third-order valence-corrected chi connectivity index (χ3v) is 2.32. The van der Waals surface area contributed by atoms with Gasteiger partial charge in [0.1, 0.15) is 11.5 Å². The van der Waals surface area contributed by atoms with E-state index < -0.39 is 0 Å². The fourth-order valence-electron chi connectivity index (χ4n) is 1.55. The maximum absolute atomic E-state index is 12.2. The van der Waals surface area contributed by atoms with Crippen LogP contribution in [0.4, 0.5) is 5.82 Å². The normalized spacial score (nSPS) is 10.9. The number of nitrogens with zero attached hydrogens (tertiary/aromatic N) is 3. The summed E-state index contributed by atoms with van der Waals surface area (Å²) < 4.78 is 0. The Morgan fingerprint density at radius 2 is 2.00 bits per heavy atom. The number of nitrogens with two attached hydrogens (primary N) is 1.